The molecule has 0 bridgehead atoms. The van der Waals surface area contributed by atoms with Crippen LogP contribution in [0.25, 0.3) is 0 Å². The minimum Gasteiger partial charge on any atom is -0.396 e. The van der Waals surface area contributed by atoms with E-state index in [1.807, 2.05) is 31.2 Å². The quantitative estimate of drug-likeness (QED) is 0.649. The van der Waals surface area contributed by atoms with Crippen molar-refractivity contribution in [3.63, 3.8) is 0 Å². The third kappa shape index (κ3) is 5.04. The van der Waals surface area contributed by atoms with Crippen LogP contribution in [0, 0.1) is 5.41 Å². The van der Waals surface area contributed by atoms with Gasteiger partial charge in [-0.1, -0.05) is 30.7 Å². The largest absolute Gasteiger partial charge is 0.396 e. The van der Waals surface area contributed by atoms with Gasteiger partial charge in [-0.2, -0.15) is 0 Å². The van der Waals surface area contributed by atoms with Crippen LogP contribution in [0.1, 0.15) is 12.5 Å². The molecule has 0 atom stereocenters. The number of benzene rings is 1. The summed E-state index contributed by atoms with van der Waals surface area (Å²) in [5, 5.41) is 22.2. The van der Waals surface area contributed by atoms with Crippen LogP contribution in [0.15, 0.2) is 24.3 Å². The van der Waals surface area contributed by atoms with E-state index < -0.39 is 5.41 Å². The Morgan fingerprint density at radius 3 is 2.29 bits per heavy atom. The molecule has 0 amide bonds. The molecule has 1 aromatic rings. The Hall–Kier alpha value is -0.610. The van der Waals surface area contributed by atoms with Gasteiger partial charge in [0.15, 0.2) is 0 Å². The standard InChI is InChI=1S/C13H20ClNO2/c1-13(9-16,10-17)8-15-7-6-11-2-4-12(14)5-3-11/h2-5,15-17H,6-10H2,1H3. The minimum absolute atomic E-state index is 0.0164. The molecule has 17 heavy (non-hydrogen) atoms. The zero-order valence-electron chi connectivity index (χ0n) is 10.1. The maximum Gasteiger partial charge on any atom is 0.0518 e. The van der Waals surface area contributed by atoms with Gasteiger partial charge < -0.3 is 15.5 Å². The highest BCUT2D eigenvalue weighted by Crippen LogP contribution is 2.12. The van der Waals surface area contributed by atoms with Gasteiger partial charge >= 0.3 is 0 Å². The third-order valence-electron chi connectivity index (χ3n) is 2.82. The zero-order chi connectivity index (χ0) is 12.7. The van der Waals surface area contributed by atoms with E-state index in [0.717, 1.165) is 18.0 Å². The summed E-state index contributed by atoms with van der Waals surface area (Å²) in [6.07, 6.45) is 0.907. The number of halogens is 1. The molecule has 0 unspecified atom stereocenters. The van der Waals surface area contributed by atoms with Crippen LogP contribution in [-0.4, -0.2) is 36.5 Å². The Morgan fingerprint density at radius 2 is 1.76 bits per heavy atom. The molecule has 1 rings (SSSR count). The van der Waals surface area contributed by atoms with E-state index in [1.165, 1.54) is 5.56 Å². The van der Waals surface area contributed by atoms with Gasteiger partial charge in [0.05, 0.1) is 13.2 Å². The molecule has 0 saturated carbocycles. The fourth-order valence-electron chi connectivity index (χ4n) is 1.44. The first-order valence-corrected chi connectivity index (χ1v) is 6.14. The molecular weight excluding hydrogens is 238 g/mol. The number of rotatable bonds is 7. The lowest BCUT2D eigenvalue weighted by atomic mass is 9.93. The predicted octanol–water partition coefficient (Wildman–Crippen LogP) is 1.46. The van der Waals surface area contributed by atoms with Gasteiger partial charge in [-0.25, -0.2) is 0 Å². The summed E-state index contributed by atoms with van der Waals surface area (Å²) in [6, 6.07) is 7.76. The van der Waals surface area contributed by atoms with E-state index in [1.54, 1.807) is 0 Å². The smallest absolute Gasteiger partial charge is 0.0518 e. The molecule has 0 aromatic heterocycles. The molecule has 0 saturated heterocycles. The van der Waals surface area contributed by atoms with Gasteiger partial charge in [-0.05, 0) is 30.7 Å². The summed E-state index contributed by atoms with van der Waals surface area (Å²) in [5.74, 6) is 0. The molecule has 1 aromatic carbocycles. The number of aliphatic hydroxyl groups is 2. The van der Waals surface area contributed by atoms with E-state index in [0.29, 0.717) is 6.54 Å². The zero-order valence-corrected chi connectivity index (χ0v) is 10.9. The second-order valence-electron chi connectivity index (χ2n) is 4.68. The maximum atomic E-state index is 9.12. The molecule has 96 valence electrons. The van der Waals surface area contributed by atoms with Crippen molar-refractivity contribution < 1.29 is 10.2 Å². The summed E-state index contributed by atoms with van der Waals surface area (Å²) in [7, 11) is 0. The Labute approximate surface area is 107 Å². The lowest BCUT2D eigenvalue weighted by molar-refractivity contribution is 0.0700. The molecule has 0 aliphatic rings. The van der Waals surface area contributed by atoms with E-state index in [9.17, 15) is 0 Å². The first-order valence-electron chi connectivity index (χ1n) is 5.76. The molecule has 0 aliphatic heterocycles. The van der Waals surface area contributed by atoms with Crippen molar-refractivity contribution in [1.82, 2.24) is 5.32 Å². The topological polar surface area (TPSA) is 52.5 Å². The van der Waals surface area contributed by atoms with E-state index in [-0.39, 0.29) is 13.2 Å². The highest BCUT2D eigenvalue weighted by Gasteiger charge is 2.21. The summed E-state index contributed by atoms with van der Waals surface area (Å²) in [5.41, 5.74) is 0.775. The molecule has 3 N–H and O–H groups in total. The lowest BCUT2D eigenvalue weighted by Gasteiger charge is -2.24. The summed E-state index contributed by atoms with van der Waals surface area (Å²) >= 11 is 5.80. The number of nitrogens with one attached hydrogen (secondary N) is 1. The summed E-state index contributed by atoms with van der Waals surface area (Å²) in [6.45, 7) is 3.24. The molecule has 0 heterocycles. The number of hydrogen-bond donors (Lipinski definition) is 3. The highest BCUT2D eigenvalue weighted by atomic mass is 35.5. The Morgan fingerprint density at radius 1 is 1.18 bits per heavy atom. The normalized spacial score (nSPS) is 11.8. The fraction of sp³-hybridized carbons (Fsp3) is 0.538. The Kier molecular flexibility index (Phi) is 5.92. The molecule has 0 spiro atoms. The van der Waals surface area contributed by atoms with Crippen LogP contribution in [-0.2, 0) is 6.42 Å². The first-order chi connectivity index (χ1) is 8.09. The molecule has 0 aliphatic carbocycles. The SMILES string of the molecule is CC(CO)(CO)CNCCc1ccc(Cl)cc1. The van der Waals surface area contributed by atoms with Crippen molar-refractivity contribution >= 4 is 11.6 Å². The minimum atomic E-state index is -0.444. The summed E-state index contributed by atoms with van der Waals surface area (Å²) in [4.78, 5) is 0. The average Bonchev–Trinajstić information content (AvgIpc) is 2.36. The van der Waals surface area contributed by atoms with Gasteiger partial charge in [0.2, 0.25) is 0 Å². The molecule has 0 radical (unpaired) electrons. The second kappa shape index (κ2) is 6.97. The van der Waals surface area contributed by atoms with Crippen LogP contribution < -0.4 is 5.32 Å². The van der Waals surface area contributed by atoms with Crippen molar-refractivity contribution in [3.05, 3.63) is 34.9 Å². The van der Waals surface area contributed by atoms with E-state index in [4.69, 9.17) is 21.8 Å². The maximum absolute atomic E-state index is 9.12. The summed E-state index contributed by atoms with van der Waals surface area (Å²) < 4.78 is 0. The van der Waals surface area contributed by atoms with Crippen LogP contribution in [0.5, 0.6) is 0 Å². The van der Waals surface area contributed by atoms with Gasteiger partial charge in [0, 0.05) is 17.0 Å². The molecule has 3 nitrogen and oxygen atoms in total. The molecule has 0 fully saturated rings. The Balaban J connectivity index is 2.26. The van der Waals surface area contributed by atoms with Crippen LogP contribution in [0.2, 0.25) is 5.02 Å². The lowest BCUT2D eigenvalue weighted by Crippen LogP contribution is -2.38. The van der Waals surface area contributed by atoms with Crippen molar-refractivity contribution in [3.8, 4) is 0 Å². The van der Waals surface area contributed by atoms with Crippen molar-refractivity contribution in [2.24, 2.45) is 5.41 Å². The van der Waals surface area contributed by atoms with Crippen molar-refractivity contribution in [2.45, 2.75) is 13.3 Å². The Bertz CT molecular complexity index is 323. The van der Waals surface area contributed by atoms with E-state index >= 15 is 0 Å². The second-order valence-corrected chi connectivity index (χ2v) is 5.12. The average molecular weight is 258 g/mol. The van der Waals surface area contributed by atoms with E-state index in [2.05, 4.69) is 5.32 Å². The molecule has 4 heteroatoms. The first kappa shape index (κ1) is 14.5. The highest BCUT2D eigenvalue weighted by molar-refractivity contribution is 6.30. The van der Waals surface area contributed by atoms with Gasteiger partial charge in [0.1, 0.15) is 0 Å². The number of hydrogen-bond acceptors (Lipinski definition) is 3. The van der Waals surface area contributed by atoms with Gasteiger partial charge in [0.25, 0.3) is 0 Å². The predicted molar refractivity (Wildman–Crippen MR) is 70.3 cm³/mol. The van der Waals surface area contributed by atoms with Crippen LogP contribution >= 0.6 is 11.6 Å². The monoisotopic (exact) mass is 257 g/mol. The van der Waals surface area contributed by atoms with Crippen LogP contribution in [0.3, 0.4) is 0 Å². The third-order valence-corrected chi connectivity index (χ3v) is 3.07. The molecular formula is C13H20ClNO2. The number of aliphatic hydroxyl groups excluding tert-OH is 2. The van der Waals surface area contributed by atoms with Gasteiger partial charge in [-0.3, -0.25) is 0 Å². The van der Waals surface area contributed by atoms with Crippen molar-refractivity contribution in [1.29, 1.82) is 0 Å². The van der Waals surface area contributed by atoms with Gasteiger partial charge in [-0.15, -0.1) is 0 Å². The van der Waals surface area contributed by atoms with Crippen LogP contribution in [0.4, 0.5) is 0 Å². The fourth-order valence-corrected chi connectivity index (χ4v) is 1.56. The van der Waals surface area contributed by atoms with Crippen molar-refractivity contribution in [2.75, 3.05) is 26.3 Å².